The second-order valence-electron chi connectivity index (χ2n) is 8.93. The molecule has 3 unspecified atom stereocenters. The van der Waals surface area contributed by atoms with Gasteiger partial charge < -0.3 is 4.74 Å². The quantitative estimate of drug-likeness (QED) is 0.583. The Morgan fingerprint density at radius 2 is 1.75 bits per heavy atom. The van der Waals surface area contributed by atoms with Crippen LogP contribution in [0, 0.1) is 30.1 Å². The van der Waals surface area contributed by atoms with E-state index >= 15 is 0 Å². The molecule has 5 nitrogen and oxygen atoms in total. The third-order valence-electron chi connectivity index (χ3n) is 6.95. The first-order valence-corrected chi connectivity index (χ1v) is 11.0. The summed E-state index contributed by atoms with van der Waals surface area (Å²) in [5.74, 6) is -0.726. The molecule has 1 aromatic rings. The van der Waals surface area contributed by atoms with Crippen LogP contribution in [-0.2, 0) is 19.6 Å². The largest absolute Gasteiger partial charge is 0.465 e. The molecule has 0 radical (unpaired) electrons. The van der Waals surface area contributed by atoms with Gasteiger partial charge in [-0.2, -0.15) is 17.2 Å². The van der Waals surface area contributed by atoms with Gasteiger partial charge in [0.2, 0.25) is 0 Å². The van der Waals surface area contributed by atoms with Gasteiger partial charge in [-0.15, -0.1) is 0 Å². The molecule has 4 saturated carbocycles. The van der Waals surface area contributed by atoms with Crippen molar-refractivity contribution in [1.29, 1.82) is 0 Å². The van der Waals surface area contributed by atoms with Crippen LogP contribution in [0.3, 0.4) is 0 Å². The average Bonchev–Trinajstić information content (AvgIpc) is 2.59. The van der Waals surface area contributed by atoms with E-state index < -0.39 is 26.8 Å². The maximum atomic E-state index is 13.6. The van der Waals surface area contributed by atoms with Gasteiger partial charge in [0.25, 0.3) is 0 Å². The lowest BCUT2D eigenvalue weighted by Crippen LogP contribution is -2.54. The molecule has 0 aliphatic heterocycles. The molecule has 4 fully saturated rings. The van der Waals surface area contributed by atoms with Crippen LogP contribution >= 0.6 is 0 Å². The molecule has 4 aliphatic carbocycles. The fourth-order valence-corrected chi connectivity index (χ4v) is 6.48. The molecule has 1 aromatic carbocycles. The Hall–Kier alpha value is -1.54. The summed E-state index contributed by atoms with van der Waals surface area (Å²) in [6.45, 7) is 1.74. The molecule has 4 bridgehead atoms. The number of aryl methyl sites for hydroxylation is 1. The van der Waals surface area contributed by atoms with Crippen LogP contribution in [0.15, 0.2) is 24.3 Å². The van der Waals surface area contributed by atoms with Crippen molar-refractivity contribution in [2.24, 2.45) is 23.2 Å². The van der Waals surface area contributed by atoms with Crippen LogP contribution in [0.1, 0.15) is 49.1 Å². The standard InChI is InChI=1S/C20H24F2O5S/c1-12-2-4-15(5-3-12)17-16-7-13-6-14(8-16)10-19(17,9-13)11-27-18(23)20(21,22)28(24,25)26/h2-5,13-14,16-17H,6-11H2,1H3,(H,24,25,26). The van der Waals surface area contributed by atoms with Gasteiger partial charge in [-0.25, -0.2) is 4.79 Å². The summed E-state index contributed by atoms with van der Waals surface area (Å²) in [4.78, 5) is 11.8. The van der Waals surface area contributed by atoms with E-state index in [1.165, 1.54) is 0 Å². The Bertz CT molecular complexity index is 866. The Morgan fingerprint density at radius 1 is 1.18 bits per heavy atom. The molecule has 0 amide bonds. The molecule has 0 spiro atoms. The van der Waals surface area contributed by atoms with E-state index in [4.69, 9.17) is 9.29 Å². The number of benzene rings is 1. The molecular weight excluding hydrogens is 390 g/mol. The minimum absolute atomic E-state index is 0.0908. The highest BCUT2D eigenvalue weighted by Gasteiger charge is 2.59. The number of ether oxygens (including phenoxy) is 1. The fourth-order valence-electron chi connectivity index (χ4n) is 6.21. The zero-order valence-electron chi connectivity index (χ0n) is 15.6. The lowest BCUT2D eigenvalue weighted by Gasteiger charge is -2.61. The van der Waals surface area contributed by atoms with Gasteiger partial charge in [0.1, 0.15) is 0 Å². The number of carbonyl (C=O) groups excluding carboxylic acids is 1. The number of esters is 1. The molecule has 3 atom stereocenters. The lowest BCUT2D eigenvalue weighted by molar-refractivity contribution is -0.174. The second-order valence-corrected chi connectivity index (χ2v) is 10.4. The first kappa shape index (κ1) is 19.8. The first-order chi connectivity index (χ1) is 13.0. The monoisotopic (exact) mass is 414 g/mol. The van der Waals surface area contributed by atoms with Crippen molar-refractivity contribution in [3.63, 3.8) is 0 Å². The van der Waals surface area contributed by atoms with E-state index in [0.29, 0.717) is 17.8 Å². The van der Waals surface area contributed by atoms with E-state index in [9.17, 15) is 22.0 Å². The lowest BCUT2D eigenvalue weighted by atomic mass is 9.44. The van der Waals surface area contributed by atoms with Crippen LogP contribution in [0.2, 0.25) is 0 Å². The zero-order chi connectivity index (χ0) is 20.3. The molecule has 0 saturated heterocycles. The number of rotatable bonds is 5. The molecule has 154 valence electrons. The van der Waals surface area contributed by atoms with Crippen molar-refractivity contribution in [2.75, 3.05) is 6.61 Å². The van der Waals surface area contributed by atoms with Gasteiger partial charge in [-0.3, -0.25) is 4.55 Å². The third kappa shape index (κ3) is 3.14. The van der Waals surface area contributed by atoms with Gasteiger partial charge in [0.05, 0.1) is 6.61 Å². The molecule has 4 aliphatic rings. The predicted molar refractivity (Wildman–Crippen MR) is 97.4 cm³/mol. The zero-order valence-corrected chi connectivity index (χ0v) is 16.4. The third-order valence-corrected chi connectivity index (χ3v) is 7.76. The molecule has 0 aromatic heterocycles. The highest BCUT2D eigenvalue weighted by molar-refractivity contribution is 7.87. The number of halogens is 2. The number of alkyl halides is 2. The fraction of sp³-hybridized carbons (Fsp3) is 0.650. The van der Waals surface area contributed by atoms with Crippen molar-refractivity contribution >= 4 is 16.1 Å². The molecule has 1 N–H and O–H groups in total. The van der Waals surface area contributed by atoms with Gasteiger partial charge >= 0.3 is 21.3 Å². The van der Waals surface area contributed by atoms with Crippen LogP contribution < -0.4 is 0 Å². The number of carbonyl (C=O) groups is 1. The van der Waals surface area contributed by atoms with E-state index in [1.807, 2.05) is 19.1 Å². The summed E-state index contributed by atoms with van der Waals surface area (Å²) in [6, 6.07) is 8.15. The smallest absolute Gasteiger partial charge is 0.460 e. The van der Waals surface area contributed by atoms with Crippen molar-refractivity contribution in [1.82, 2.24) is 0 Å². The van der Waals surface area contributed by atoms with Crippen LogP contribution in [0.25, 0.3) is 0 Å². The Kier molecular flexibility index (Phi) is 4.58. The van der Waals surface area contributed by atoms with Crippen LogP contribution in [-0.4, -0.2) is 30.8 Å². The van der Waals surface area contributed by atoms with E-state index in [-0.39, 0.29) is 12.5 Å². The molecule has 28 heavy (non-hydrogen) atoms. The van der Waals surface area contributed by atoms with Gasteiger partial charge in [-0.05, 0) is 68.3 Å². The first-order valence-electron chi connectivity index (χ1n) is 9.60. The number of hydrogen-bond donors (Lipinski definition) is 1. The van der Waals surface area contributed by atoms with Gasteiger partial charge in [-0.1, -0.05) is 29.8 Å². The molecule has 5 rings (SSSR count). The summed E-state index contributed by atoms with van der Waals surface area (Å²) in [5, 5.41) is -4.95. The summed E-state index contributed by atoms with van der Waals surface area (Å²) < 4.78 is 62.5. The average molecular weight is 414 g/mol. The molecule has 0 heterocycles. The minimum Gasteiger partial charge on any atom is -0.460 e. The van der Waals surface area contributed by atoms with Crippen molar-refractivity contribution < 1.29 is 31.3 Å². The van der Waals surface area contributed by atoms with Crippen molar-refractivity contribution in [2.45, 2.75) is 50.2 Å². The summed E-state index contributed by atoms with van der Waals surface area (Å²) in [5.41, 5.74) is 1.78. The molecular formula is C20H24F2O5S. The van der Waals surface area contributed by atoms with Crippen molar-refractivity contribution in [3.05, 3.63) is 35.4 Å². The van der Waals surface area contributed by atoms with Gasteiger partial charge in [0, 0.05) is 5.41 Å². The Labute approximate surface area is 163 Å². The summed E-state index contributed by atoms with van der Waals surface area (Å²) in [6.07, 6.45) is 4.86. The Morgan fingerprint density at radius 3 is 2.29 bits per heavy atom. The predicted octanol–water partition coefficient (Wildman–Crippen LogP) is 3.93. The van der Waals surface area contributed by atoms with Gasteiger partial charge in [0.15, 0.2) is 0 Å². The van der Waals surface area contributed by atoms with E-state index in [2.05, 4.69) is 12.1 Å². The van der Waals surface area contributed by atoms with E-state index in [0.717, 1.165) is 43.2 Å². The van der Waals surface area contributed by atoms with E-state index in [1.54, 1.807) is 0 Å². The highest BCUT2D eigenvalue weighted by atomic mass is 32.2. The van der Waals surface area contributed by atoms with Crippen LogP contribution in [0.5, 0.6) is 0 Å². The normalized spacial score (nSPS) is 34.4. The topological polar surface area (TPSA) is 80.7 Å². The van der Waals surface area contributed by atoms with Crippen LogP contribution in [0.4, 0.5) is 8.78 Å². The summed E-state index contributed by atoms with van der Waals surface area (Å²) >= 11 is 0. The maximum absolute atomic E-state index is 13.6. The Balaban J connectivity index is 1.62. The summed E-state index contributed by atoms with van der Waals surface area (Å²) in [7, 11) is -5.86. The number of hydrogen-bond acceptors (Lipinski definition) is 4. The molecule has 8 heteroatoms. The van der Waals surface area contributed by atoms with Crippen molar-refractivity contribution in [3.8, 4) is 0 Å². The SMILES string of the molecule is Cc1ccc(C2C3CC4CC(C3)CC2(COC(=O)C(F)(F)S(=O)(=O)O)C4)cc1. The maximum Gasteiger partial charge on any atom is 0.465 e. The highest BCUT2D eigenvalue weighted by Crippen LogP contribution is 2.66. The second kappa shape index (κ2) is 6.49. The minimum atomic E-state index is -5.86.